The van der Waals surface area contributed by atoms with Crippen LogP contribution in [0.1, 0.15) is 23.6 Å². The Morgan fingerprint density at radius 1 is 0.938 bits per heavy atom. The minimum absolute atomic E-state index is 0.129. The maximum Gasteiger partial charge on any atom is 0.333 e. The van der Waals surface area contributed by atoms with Crippen molar-refractivity contribution in [2.45, 2.75) is 33.1 Å². The molecule has 3 aromatic rings. The van der Waals surface area contributed by atoms with Crippen molar-refractivity contribution in [2.75, 3.05) is 19.4 Å². The molecule has 0 aliphatic heterocycles. The Balaban J connectivity index is 2.05. The van der Waals surface area contributed by atoms with Crippen molar-refractivity contribution >= 4 is 11.8 Å². The Hall–Kier alpha value is -3.65. The van der Waals surface area contributed by atoms with Gasteiger partial charge in [-0.1, -0.05) is 60.7 Å². The van der Waals surface area contributed by atoms with Crippen LogP contribution in [0.4, 0.5) is 5.82 Å². The van der Waals surface area contributed by atoms with E-state index in [-0.39, 0.29) is 12.4 Å². The highest BCUT2D eigenvalue weighted by Crippen LogP contribution is 2.08. The van der Waals surface area contributed by atoms with Crippen molar-refractivity contribution in [3.05, 3.63) is 98.2 Å². The Bertz CT molecular complexity index is 1170. The third kappa shape index (κ3) is 5.33. The summed E-state index contributed by atoms with van der Waals surface area (Å²) in [5.41, 5.74) is 7.51. The number of anilines is 1. The average Bonchev–Trinajstić information content (AvgIpc) is 2.82. The van der Waals surface area contributed by atoms with Gasteiger partial charge in [0.25, 0.3) is 5.56 Å². The molecule has 2 aromatic carbocycles. The van der Waals surface area contributed by atoms with Gasteiger partial charge in [0.15, 0.2) is 0 Å². The first-order chi connectivity index (χ1) is 15.4. The second kappa shape index (κ2) is 10.6. The number of quaternary nitrogens is 1. The molecule has 1 unspecified atom stereocenters. The molecule has 3 N–H and O–H groups in total. The first-order valence-electron chi connectivity index (χ1n) is 10.5. The van der Waals surface area contributed by atoms with Gasteiger partial charge in [-0.25, -0.2) is 9.36 Å². The largest absolute Gasteiger partial charge is 0.468 e. The van der Waals surface area contributed by atoms with E-state index < -0.39 is 23.8 Å². The van der Waals surface area contributed by atoms with Gasteiger partial charge < -0.3 is 15.4 Å². The predicted octanol–water partition coefficient (Wildman–Crippen LogP) is 0.419. The number of aromatic nitrogens is 2. The van der Waals surface area contributed by atoms with Crippen LogP contribution >= 0.6 is 0 Å². The summed E-state index contributed by atoms with van der Waals surface area (Å²) in [6, 6.07) is 19.3. The van der Waals surface area contributed by atoms with Crippen LogP contribution in [0.5, 0.6) is 0 Å². The molecule has 0 aliphatic carbocycles. The number of ether oxygens (including phenoxy) is 1. The molecule has 3 rings (SSSR count). The van der Waals surface area contributed by atoms with Crippen molar-refractivity contribution in [3.8, 4) is 0 Å². The van der Waals surface area contributed by atoms with Gasteiger partial charge in [-0.2, -0.15) is 0 Å². The van der Waals surface area contributed by atoms with E-state index in [1.807, 2.05) is 67.6 Å². The van der Waals surface area contributed by atoms with E-state index in [4.69, 9.17) is 10.5 Å². The number of nitrogens with one attached hydrogen (secondary N) is 1. The molecule has 1 heterocycles. The van der Waals surface area contributed by atoms with Crippen LogP contribution in [0.2, 0.25) is 0 Å². The second-order valence-electron chi connectivity index (χ2n) is 7.63. The summed E-state index contributed by atoms with van der Waals surface area (Å²) in [6.07, 6.45) is 0. The molecule has 0 bridgehead atoms. The molecule has 0 saturated carbocycles. The molecule has 0 spiro atoms. The van der Waals surface area contributed by atoms with Gasteiger partial charge in [-0.05, 0) is 12.5 Å². The topological polar surface area (TPSA) is 101 Å². The molecule has 0 fully saturated rings. The molecule has 0 saturated heterocycles. The van der Waals surface area contributed by atoms with E-state index in [1.165, 1.54) is 11.7 Å². The fourth-order valence-electron chi connectivity index (χ4n) is 3.64. The zero-order valence-corrected chi connectivity index (χ0v) is 18.4. The number of methoxy groups -OCH3 is 1. The minimum Gasteiger partial charge on any atom is -0.468 e. The summed E-state index contributed by atoms with van der Waals surface area (Å²) < 4.78 is 6.96. The molecule has 0 aliphatic rings. The first kappa shape index (κ1) is 23.0. The average molecular weight is 438 g/mol. The van der Waals surface area contributed by atoms with E-state index in [9.17, 15) is 14.4 Å². The van der Waals surface area contributed by atoms with Gasteiger partial charge in [0, 0.05) is 5.56 Å². The number of carbonyl (C=O) groups is 1. The Morgan fingerprint density at radius 2 is 1.53 bits per heavy atom. The second-order valence-corrected chi connectivity index (χ2v) is 7.63. The van der Waals surface area contributed by atoms with Crippen molar-refractivity contribution in [3.63, 3.8) is 0 Å². The van der Waals surface area contributed by atoms with Crippen molar-refractivity contribution in [2.24, 2.45) is 0 Å². The lowest BCUT2D eigenvalue weighted by molar-refractivity contribution is -0.925. The zero-order chi connectivity index (χ0) is 23.1. The number of hydrogen-bond acceptors (Lipinski definition) is 5. The molecule has 0 radical (unpaired) electrons. The van der Waals surface area contributed by atoms with Gasteiger partial charge in [0.1, 0.15) is 31.0 Å². The summed E-state index contributed by atoms with van der Waals surface area (Å²) in [5.74, 6) is -0.542. The third-order valence-corrected chi connectivity index (χ3v) is 5.49. The summed E-state index contributed by atoms with van der Waals surface area (Å²) >= 11 is 0. The zero-order valence-electron chi connectivity index (χ0n) is 18.4. The molecular weight excluding hydrogens is 408 g/mol. The van der Waals surface area contributed by atoms with E-state index in [0.29, 0.717) is 18.7 Å². The van der Waals surface area contributed by atoms with Gasteiger partial charge in [-0.3, -0.25) is 14.2 Å². The third-order valence-electron chi connectivity index (χ3n) is 5.49. The van der Waals surface area contributed by atoms with Crippen LogP contribution in [0.3, 0.4) is 0 Å². The van der Waals surface area contributed by atoms with Gasteiger partial charge in [0.05, 0.1) is 20.2 Å². The van der Waals surface area contributed by atoms with E-state index in [1.54, 1.807) is 0 Å². The van der Waals surface area contributed by atoms with Gasteiger partial charge in [-0.15, -0.1) is 0 Å². The van der Waals surface area contributed by atoms with E-state index in [0.717, 1.165) is 27.1 Å². The molecule has 8 heteroatoms. The Labute approximate surface area is 186 Å². The fraction of sp³-hybridized carbons (Fsp3) is 0.292. The van der Waals surface area contributed by atoms with Crippen molar-refractivity contribution < 1.29 is 14.4 Å². The van der Waals surface area contributed by atoms with Crippen LogP contribution in [0, 0.1) is 0 Å². The highest BCUT2D eigenvalue weighted by atomic mass is 16.5. The quantitative estimate of drug-likeness (QED) is 0.473. The number of nitrogen functional groups attached to an aromatic ring is 1. The monoisotopic (exact) mass is 437 g/mol. The van der Waals surface area contributed by atoms with E-state index in [2.05, 4.69) is 0 Å². The number of nitrogens with two attached hydrogens (primary N) is 1. The number of carbonyl (C=O) groups excluding carboxylic acids is 1. The lowest BCUT2D eigenvalue weighted by Gasteiger charge is -2.21. The highest BCUT2D eigenvalue weighted by Gasteiger charge is 2.22. The van der Waals surface area contributed by atoms with Gasteiger partial charge >= 0.3 is 11.7 Å². The Kier molecular flexibility index (Phi) is 7.62. The lowest BCUT2D eigenvalue weighted by atomic mass is 10.2. The highest BCUT2D eigenvalue weighted by molar-refractivity contribution is 5.69. The number of benzene rings is 2. The predicted molar refractivity (Wildman–Crippen MR) is 122 cm³/mol. The van der Waals surface area contributed by atoms with Crippen LogP contribution in [-0.2, 0) is 35.7 Å². The standard InChI is InChI=1S/C24H28N4O4/c1-3-26(14-18-10-6-4-7-11-18)16-20-22(25)27(15-19-12-8-5-9-13-19)24(31)28(23(20)30)17-21(29)32-2/h4-13H,3,14-17,25H2,1-2H3/p+1. The molecular formula is C24H29N4O4+. The maximum absolute atomic E-state index is 13.2. The number of esters is 1. The van der Waals surface area contributed by atoms with Crippen LogP contribution in [-0.4, -0.2) is 28.8 Å². The van der Waals surface area contributed by atoms with E-state index >= 15 is 0 Å². The number of rotatable bonds is 9. The van der Waals surface area contributed by atoms with Crippen LogP contribution in [0.25, 0.3) is 0 Å². The fourth-order valence-corrected chi connectivity index (χ4v) is 3.64. The summed E-state index contributed by atoms with van der Waals surface area (Å²) in [6.45, 7) is 3.54. The smallest absolute Gasteiger partial charge is 0.333 e. The summed E-state index contributed by atoms with van der Waals surface area (Å²) in [4.78, 5) is 39.3. The molecule has 32 heavy (non-hydrogen) atoms. The number of hydrogen-bond donors (Lipinski definition) is 2. The lowest BCUT2D eigenvalue weighted by Crippen LogP contribution is -3.09. The molecule has 168 valence electrons. The Morgan fingerprint density at radius 3 is 2.09 bits per heavy atom. The molecule has 8 nitrogen and oxygen atoms in total. The normalized spacial score (nSPS) is 11.8. The SMILES string of the molecule is CC[NH+](Cc1ccccc1)Cc1c(N)n(Cc2ccccc2)c(=O)n(CC(=O)OC)c1=O. The maximum atomic E-state index is 13.2. The van der Waals surface area contributed by atoms with Crippen molar-refractivity contribution in [1.82, 2.24) is 9.13 Å². The summed E-state index contributed by atoms with van der Waals surface area (Å²) in [5, 5.41) is 0. The molecule has 1 atom stereocenters. The number of nitrogens with zero attached hydrogens (tertiary/aromatic N) is 2. The molecule has 1 aromatic heterocycles. The van der Waals surface area contributed by atoms with Crippen LogP contribution < -0.4 is 21.9 Å². The molecule has 0 amide bonds. The minimum atomic E-state index is -0.671. The summed E-state index contributed by atoms with van der Waals surface area (Å²) in [7, 11) is 1.22. The first-order valence-corrected chi connectivity index (χ1v) is 10.5. The van der Waals surface area contributed by atoms with Crippen LogP contribution in [0.15, 0.2) is 70.3 Å². The van der Waals surface area contributed by atoms with Crippen molar-refractivity contribution in [1.29, 1.82) is 0 Å². The van der Waals surface area contributed by atoms with Gasteiger partial charge in [0.2, 0.25) is 0 Å².